The smallest absolute Gasteiger partial charge is 0.252 e. The van der Waals surface area contributed by atoms with Crippen molar-refractivity contribution in [2.24, 2.45) is 0 Å². The fourth-order valence-corrected chi connectivity index (χ4v) is 3.89. The van der Waals surface area contributed by atoms with Crippen LogP contribution in [0.5, 0.6) is 0 Å². The highest BCUT2D eigenvalue weighted by Crippen LogP contribution is 2.37. The number of nitrogens with one attached hydrogen (secondary N) is 1. The van der Waals surface area contributed by atoms with Gasteiger partial charge in [0.2, 0.25) is 0 Å². The van der Waals surface area contributed by atoms with Gasteiger partial charge in [-0.25, -0.2) is 0 Å². The Hall–Kier alpha value is -1.73. The molecule has 1 heterocycles. The molecule has 7 heteroatoms. The number of rotatable bonds is 3. The molecule has 2 aromatic carbocycles. The van der Waals surface area contributed by atoms with Gasteiger partial charge in [-0.2, -0.15) is 4.68 Å². The quantitative estimate of drug-likeness (QED) is 0.598. The van der Waals surface area contributed by atoms with Crippen LogP contribution in [0.25, 0.3) is 5.69 Å². The third kappa shape index (κ3) is 3.10. The van der Waals surface area contributed by atoms with Crippen LogP contribution >= 0.6 is 31.9 Å². The molecule has 0 amide bonds. The predicted molar refractivity (Wildman–Crippen MR) is 103 cm³/mol. The van der Waals surface area contributed by atoms with Gasteiger partial charge < -0.3 is 5.32 Å². The standard InChI is InChI=1S/C17H17Br2N5/c1-9-5-6-13(7-10(9)2)24-17(21-22-23-24)20-16-14(18)8-11(3)12(4)15(16)19/h5-8H,1-4H3,(H,20,21,23). The fraction of sp³-hybridized carbons (Fsp3) is 0.235. The van der Waals surface area contributed by atoms with E-state index in [1.54, 1.807) is 4.68 Å². The van der Waals surface area contributed by atoms with E-state index in [-0.39, 0.29) is 0 Å². The average Bonchev–Trinajstić information content (AvgIpc) is 3.00. The molecule has 0 aliphatic carbocycles. The first-order valence-electron chi connectivity index (χ1n) is 7.46. The van der Waals surface area contributed by atoms with E-state index in [1.165, 1.54) is 22.3 Å². The van der Waals surface area contributed by atoms with Crippen LogP contribution in [0.4, 0.5) is 11.6 Å². The molecule has 0 aliphatic heterocycles. The zero-order chi connectivity index (χ0) is 17.4. The second-order valence-electron chi connectivity index (χ2n) is 5.80. The third-order valence-electron chi connectivity index (χ3n) is 4.16. The van der Waals surface area contributed by atoms with E-state index in [0.29, 0.717) is 5.95 Å². The molecule has 24 heavy (non-hydrogen) atoms. The number of aryl methyl sites for hydroxylation is 3. The molecule has 1 N–H and O–H groups in total. The van der Waals surface area contributed by atoms with Crippen LogP contribution < -0.4 is 5.32 Å². The first-order chi connectivity index (χ1) is 11.4. The molecule has 3 rings (SSSR count). The van der Waals surface area contributed by atoms with Crippen LogP contribution in [0.3, 0.4) is 0 Å². The number of aromatic nitrogens is 4. The van der Waals surface area contributed by atoms with E-state index in [2.05, 4.69) is 98.6 Å². The van der Waals surface area contributed by atoms with Gasteiger partial charge in [-0.1, -0.05) is 11.2 Å². The Morgan fingerprint density at radius 1 is 0.958 bits per heavy atom. The highest BCUT2D eigenvalue weighted by atomic mass is 79.9. The molecule has 0 saturated heterocycles. The molecule has 0 spiro atoms. The lowest BCUT2D eigenvalue weighted by Gasteiger charge is -2.14. The van der Waals surface area contributed by atoms with E-state index in [0.717, 1.165) is 20.3 Å². The number of nitrogens with zero attached hydrogens (tertiary/aromatic N) is 4. The van der Waals surface area contributed by atoms with Gasteiger partial charge in [-0.3, -0.25) is 0 Å². The van der Waals surface area contributed by atoms with Crippen molar-refractivity contribution in [3.63, 3.8) is 0 Å². The highest BCUT2D eigenvalue weighted by Gasteiger charge is 2.15. The zero-order valence-corrected chi connectivity index (χ0v) is 17.0. The van der Waals surface area contributed by atoms with Gasteiger partial charge in [0, 0.05) is 8.95 Å². The van der Waals surface area contributed by atoms with E-state index < -0.39 is 0 Å². The SMILES string of the molecule is Cc1ccc(-n2nnnc2Nc2c(Br)cc(C)c(C)c2Br)cc1C. The average molecular weight is 451 g/mol. The molecular formula is C17H17Br2N5. The number of hydrogen-bond donors (Lipinski definition) is 1. The minimum absolute atomic E-state index is 0.558. The minimum Gasteiger partial charge on any atom is -0.321 e. The van der Waals surface area contributed by atoms with Crippen molar-refractivity contribution >= 4 is 43.5 Å². The van der Waals surface area contributed by atoms with Crippen LogP contribution in [0.2, 0.25) is 0 Å². The molecule has 5 nitrogen and oxygen atoms in total. The molecule has 1 aromatic heterocycles. The summed E-state index contributed by atoms with van der Waals surface area (Å²) in [6.45, 7) is 8.31. The molecule has 0 saturated carbocycles. The lowest BCUT2D eigenvalue weighted by Crippen LogP contribution is -2.05. The first-order valence-corrected chi connectivity index (χ1v) is 9.05. The van der Waals surface area contributed by atoms with E-state index in [4.69, 9.17) is 0 Å². The molecule has 0 radical (unpaired) electrons. The van der Waals surface area contributed by atoms with Gasteiger partial charge in [0.15, 0.2) is 0 Å². The Balaban J connectivity index is 2.03. The van der Waals surface area contributed by atoms with Crippen molar-refractivity contribution in [1.82, 2.24) is 20.2 Å². The molecule has 0 atom stereocenters. The zero-order valence-electron chi connectivity index (χ0n) is 13.9. The Kier molecular flexibility index (Phi) is 4.73. The van der Waals surface area contributed by atoms with Gasteiger partial charge in [-0.15, -0.1) is 0 Å². The van der Waals surface area contributed by atoms with Crippen molar-refractivity contribution < 1.29 is 0 Å². The molecule has 0 bridgehead atoms. The number of anilines is 2. The van der Waals surface area contributed by atoms with Crippen molar-refractivity contribution in [1.29, 1.82) is 0 Å². The maximum absolute atomic E-state index is 4.12. The van der Waals surface area contributed by atoms with Gasteiger partial charge >= 0.3 is 0 Å². The molecule has 0 aliphatic rings. The second kappa shape index (κ2) is 6.64. The number of hydrogen-bond acceptors (Lipinski definition) is 4. The summed E-state index contributed by atoms with van der Waals surface area (Å²) in [6.07, 6.45) is 0. The van der Waals surface area contributed by atoms with Gasteiger partial charge in [0.1, 0.15) is 0 Å². The summed E-state index contributed by atoms with van der Waals surface area (Å²) in [4.78, 5) is 0. The van der Waals surface area contributed by atoms with Crippen LogP contribution in [-0.4, -0.2) is 20.2 Å². The summed E-state index contributed by atoms with van der Waals surface area (Å²) in [5.74, 6) is 0.558. The van der Waals surface area contributed by atoms with Crippen LogP contribution in [0.1, 0.15) is 22.3 Å². The summed E-state index contributed by atoms with van der Waals surface area (Å²) in [5, 5.41) is 15.4. The van der Waals surface area contributed by atoms with Crippen LogP contribution in [0.15, 0.2) is 33.2 Å². The van der Waals surface area contributed by atoms with Crippen LogP contribution in [-0.2, 0) is 0 Å². The third-order valence-corrected chi connectivity index (χ3v) is 5.78. The second-order valence-corrected chi connectivity index (χ2v) is 7.44. The van der Waals surface area contributed by atoms with E-state index >= 15 is 0 Å². The van der Waals surface area contributed by atoms with Crippen molar-refractivity contribution in [3.8, 4) is 5.69 Å². The summed E-state index contributed by atoms with van der Waals surface area (Å²) in [6, 6.07) is 8.22. The van der Waals surface area contributed by atoms with Crippen molar-refractivity contribution in [3.05, 3.63) is 55.5 Å². The summed E-state index contributed by atoms with van der Waals surface area (Å²) in [7, 11) is 0. The molecule has 0 fully saturated rings. The van der Waals surface area contributed by atoms with E-state index in [1.807, 2.05) is 6.07 Å². The lowest BCUT2D eigenvalue weighted by molar-refractivity contribution is 0.790. The summed E-state index contributed by atoms with van der Waals surface area (Å²) in [5.41, 5.74) is 6.63. The van der Waals surface area contributed by atoms with Gasteiger partial charge in [0.25, 0.3) is 5.95 Å². The molecule has 124 valence electrons. The number of tetrazole rings is 1. The van der Waals surface area contributed by atoms with Gasteiger partial charge in [-0.05, 0) is 110 Å². The van der Waals surface area contributed by atoms with Crippen molar-refractivity contribution in [2.75, 3.05) is 5.32 Å². The topological polar surface area (TPSA) is 55.6 Å². The maximum Gasteiger partial charge on any atom is 0.252 e. The number of halogens is 2. The highest BCUT2D eigenvalue weighted by molar-refractivity contribution is 9.11. The van der Waals surface area contributed by atoms with Crippen LogP contribution in [0, 0.1) is 27.7 Å². The van der Waals surface area contributed by atoms with Crippen molar-refractivity contribution in [2.45, 2.75) is 27.7 Å². The minimum atomic E-state index is 0.558. The predicted octanol–water partition coefficient (Wildman–Crippen LogP) is 5.16. The van der Waals surface area contributed by atoms with E-state index in [9.17, 15) is 0 Å². The van der Waals surface area contributed by atoms with Gasteiger partial charge in [0.05, 0.1) is 11.4 Å². The Morgan fingerprint density at radius 3 is 2.42 bits per heavy atom. The Bertz CT molecular complexity index is 918. The lowest BCUT2D eigenvalue weighted by atomic mass is 10.1. The monoisotopic (exact) mass is 449 g/mol. The Morgan fingerprint density at radius 2 is 1.71 bits per heavy atom. The fourth-order valence-electron chi connectivity index (χ4n) is 2.36. The largest absolute Gasteiger partial charge is 0.321 e. The summed E-state index contributed by atoms with van der Waals surface area (Å²) < 4.78 is 3.64. The molecule has 3 aromatic rings. The molecule has 0 unspecified atom stereocenters. The summed E-state index contributed by atoms with van der Waals surface area (Å²) >= 11 is 7.27. The first kappa shape index (κ1) is 17.1. The Labute approximate surface area is 157 Å². The number of benzene rings is 2. The normalized spacial score (nSPS) is 10.9. The molecular weight excluding hydrogens is 434 g/mol. The maximum atomic E-state index is 4.12.